The van der Waals surface area contributed by atoms with Crippen LogP contribution in [0.25, 0.3) is 85.5 Å². The fourth-order valence-corrected chi connectivity index (χ4v) is 7.96. The summed E-state index contributed by atoms with van der Waals surface area (Å²) in [5, 5.41) is 13.0. The van der Waals surface area contributed by atoms with Crippen LogP contribution in [0.4, 0.5) is 0 Å². The maximum absolute atomic E-state index is 2.45. The van der Waals surface area contributed by atoms with Gasteiger partial charge in [-0.15, -0.1) is 11.3 Å². The third-order valence-electron chi connectivity index (χ3n) is 8.64. The lowest BCUT2D eigenvalue weighted by Gasteiger charge is -2.16. The Morgan fingerprint density at radius 3 is 1.68 bits per heavy atom. The van der Waals surface area contributed by atoms with Crippen molar-refractivity contribution in [1.29, 1.82) is 0 Å². The van der Waals surface area contributed by atoms with Crippen molar-refractivity contribution in [2.24, 2.45) is 0 Å². The van der Waals surface area contributed by atoms with Crippen LogP contribution in [0.2, 0.25) is 0 Å². The summed E-state index contributed by atoms with van der Waals surface area (Å²) >= 11 is 1.90. The number of benzene rings is 8. The van der Waals surface area contributed by atoms with Crippen LogP contribution in [-0.2, 0) is 0 Å². The molecule has 41 heavy (non-hydrogen) atoms. The zero-order valence-electron chi connectivity index (χ0n) is 22.3. The van der Waals surface area contributed by atoms with Gasteiger partial charge in [-0.05, 0) is 84.0 Å². The average Bonchev–Trinajstić information content (AvgIpc) is 3.43. The molecule has 0 unspecified atom stereocenters. The molecule has 9 aromatic rings. The molecular weight excluding hydrogens is 513 g/mol. The van der Waals surface area contributed by atoms with Crippen LogP contribution in [0.15, 0.2) is 146 Å². The van der Waals surface area contributed by atoms with E-state index >= 15 is 0 Å². The summed E-state index contributed by atoms with van der Waals surface area (Å²) in [6.07, 6.45) is 0. The number of thiophene rings is 1. The molecule has 8 aromatic carbocycles. The van der Waals surface area contributed by atoms with Gasteiger partial charge in [-0.3, -0.25) is 0 Å². The van der Waals surface area contributed by atoms with Crippen LogP contribution >= 0.6 is 11.3 Å². The lowest BCUT2D eigenvalue weighted by molar-refractivity contribution is 1.70. The summed E-state index contributed by atoms with van der Waals surface area (Å²) in [6.45, 7) is 0. The van der Waals surface area contributed by atoms with Gasteiger partial charge in [0, 0.05) is 25.7 Å². The normalized spacial score (nSPS) is 11.9. The Kier molecular flexibility index (Phi) is 4.87. The molecule has 0 saturated heterocycles. The second-order valence-electron chi connectivity index (χ2n) is 10.9. The highest BCUT2D eigenvalue weighted by atomic mass is 32.1. The maximum Gasteiger partial charge on any atom is 0.0434 e. The Morgan fingerprint density at radius 1 is 0.317 bits per heavy atom. The number of fused-ring (bicyclic) bond motifs is 9. The zero-order valence-corrected chi connectivity index (χ0v) is 23.1. The fourth-order valence-electron chi connectivity index (χ4n) is 6.73. The van der Waals surface area contributed by atoms with Crippen molar-refractivity contribution >= 4 is 74.6 Å². The summed E-state index contributed by atoms with van der Waals surface area (Å²) < 4.78 is 2.70. The van der Waals surface area contributed by atoms with Crippen molar-refractivity contribution in [2.45, 2.75) is 0 Å². The Bertz CT molecular complexity index is 2480. The molecule has 0 amide bonds. The molecule has 0 nitrogen and oxygen atoms in total. The van der Waals surface area contributed by atoms with Crippen molar-refractivity contribution in [3.05, 3.63) is 146 Å². The monoisotopic (exact) mass is 536 g/mol. The Morgan fingerprint density at radius 2 is 0.902 bits per heavy atom. The van der Waals surface area contributed by atoms with Gasteiger partial charge < -0.3 is 0 Å². The smallest absolute Gasteiger partial charge is 0.0434 e. The lowest BCUT2D eigenvalue weighted by Crippen LogP contribution is -1.89. The topological polar surface area (TPSA) is 0 Å². The van der Waals surface area contributed by atoms with Gasteiger partial charge >= 0.3 is 0 Å². The number of hydrogen-bond donors (Lipinski definition) is 0. The quantitative estimate of drug-likeness (QED) is 0.193. The highest BCUT2D eigenvalue weighted by Gasteiger charge is 2.17. The molecule has 0 bridgehead atoms. The average molecular weight is 537 g/mol. The van der Waals surface area contributed by atoms with Gasteiger partial charge in [0.1, 0.15) is 0 Å². The van der Waals surface area contributed by atoms with Crippen molar-refractivity contribution in [2.75, 3.05) is 0 Å². The van der Waals surface area contributed by atoms with Crippen LogP contribution in [0.3, 0.4) is 0 Å². The largest absolute Gasteiger partial charge is 0.135 e. The van der Waals surface area contributed by atoms with Crippen LogP contribution in [0.5, 0.6) is 0 Å². The van der Waals surface area contributed by atoms with Gasteiger partial charge in [-0.2, -0.15) is 0 Å². The fraction of sp³-hybridized carbons (Fsp3) is 0. The van der Waals surface area contributed by atoms with Gasteiger partial charge in [0.25, 0.3) is 0 Å². The predicted molar refractivity (Wildman–Crippen MR) is 180 cm³/mol. The van der Waals surface area contributed by atoms with Crippen LogP contribution in [-0.4, -0.2) is 0 Å². The molecule has 0 radical (unpaired) electrons. The van der Waals surface area contributed by atoms with E-state index in [9.17, 15) is 0 Å². The molecule has 9 rings (SSSR count). The third-order valence-corrected chi connectivity index (χ3v) is 9.86. The third kappa shape index (κ3) is 3.40. The molecule has 1 aromatic heterocycles. The molecule has 1 heteroatoms. The second-order valence-corrected chi connectivity index (χ2v) is 11.9. The Labute approximate surface area is 241 Å². The summed E-state index contributed by atoms with van der Waals surface area (Å²) in [5.41, 5.74) is 5.15. The summed E-state index contributed by atoms with van der Waals surface area (Å²) in [6, 6.07) is 53.8. The molecule has 190 valence electrons. The van der Waals surface area contributed by atoms with E-state index in [1.807, 2.05) is 11.3 Å². The van der Waals surface area contributed by atoms with Crippen molar-refractivity contribution in [3.8, 4) is 22.3 Å². The molecule has 1 heterocycles. The van der Waals surface area contributed by atoms with Crippen LogP contribution in [0, 0.1) is 0 Å². The highest BCUT2D eigenvalue weighted by molar-refractivity contribution is 7.26. The molecule has 0 atom stereocenters. The van der Waals surface area contributed by atoms with Gasteiger partial charge in [-0.1, -0.05) is 121 Å². The van der Waals surface area contributed by atoms with Crippen molar-refractivity contribution < 1.29 is 0 Å². The van der Waals surface area contributed by atoms with Gasteiger partial charge in [0.05, 0.1) is 0 Å². The summed E-state index contributed by atoms with van der Waals surface area (Å²) in [7, 11) is 0. The summed E-state index contributed by atoms with van der Waals surface area (Å²) in [5.74, 6) is 0. The first-order chi connectivity index (χ1) is 20.3. The van der Waals surface area contributed by atoms with Gasteiger partial charge in [0.15, 0.2) is 0 Å². The number of hydrogen-bond acceptors (Lipinski definition) is 1. The van der Waals surface area contributed by atoms with E-state index in [2.05, 4.69) is 146 Å². The van der Waals surface area contributed by atoms with Crippen LogP contribution < -0.4 is 0 Å². The van der Waals surface area contributed by atoms with E-state index in [4.69, 9.17) is 0 Å². The minimum atomic E-state index is 1.25. The highest BCUT2D eigenvalue weighted by Crippen LogP contribution is 2.45. The first-order valence-corrected chi connectivity index (χ1v) is 14.9. The molecule has 0 aliphatic rings. The SMILES string of the molecule is c1ccc2cc(-c3cc4c5ccccc5c(-c5cccc6c5sc5ccccc56)cc4c4ccccc34)ccc2c1. The molecule has 0 fully saturated rings. The van der Waals surface area contributed by atoms with E-state index in [1.165, 1.54) is 85.5 Å². The lowest BCUT2D eigenvalue weighted by atomic mass is 9.87. The second kappa shape index (κ2) is 8.76. The molecule has 0 spiro atoms. The zero-order chi connectivity index (χ0) is 26.9. The van der Waals surface area contributed by atoms with E-state index in [-0.39, 0.29) is 0 Å². The first kappa shape index (κ1) is 22.8. The molecule has 0 aliphatic carbocycles. The molecule has 0 aliphatic heterocycles. The van der Waals surface area contributed by atoms with Crippen molar-refractivity contribution in [3.63, 3.8) is 0 Å². The molecule has 0 saturated carbocycles. The van der Waals surface area contributed by atoms with E-state index in [0.717, 1.165) is 0 Å². The molecule has 0 N–H and O–H groups in total. The first-order valence-electron chi connectivity index (χ1n) is 14.1. The maximum atomic E-state index is 2.45. The Hall–Kier alpha value is -4.98. The molecular formula is C40H24S. The van der Waals surface area contributed by atoms with E-state index < -0.39 is 0 Å². The van der Waals surface area contributed by atoms with Crippen LogP contribution in [0.1, 0.15) is 0 Å². The minimum absolute atomic E-state index is 1.25. The van der Waals surface area contributed by atoms with E-state index in [1.54, 1.807) is 0 Å². The van der Waals surface area contributed by atoms with Gasteiger partial charge in [-0.25, -0.2) is 0 Å². The Balaban J connectivity index is 1.40. The minimum Gasteiger partial charge on any atom is -0.135 e. The standard InChI is InChI=1S/C40H24S/c1-2-11-26-22-27(21-20-25(26)10-1)35-23-37-31-15-6-5-14-30(31)36(24-38(37)29-13-4-3-12-28(29)35)34-18-9-17-33-32-16-7-8-19-39(32)41-40(33)34/h1-24H. The van der Waals surface area contributed by atoms with E-state index in [0.29, 0.717) is 0 Å². The van der Waals surface area contributed by atoms with Gasteiger partial charge in [0.2, 0.25) is 0 Å². The predicted octanol–water partition coefficient (Wildman–Crippen LogP) is 12.0. The summed E-state index contributed by atoms with van der Waals surface area (Å²) in [4.78, 5) is 0. The van der Waals surface area contributed by atoms with Crippen molar-refractivity contribution in [1.82, 2.24) is 0 Å². The number of rotatable bonds is 2.